The number of hydrogen-bond acceptors (Lipinski definition) is 4. The van der Waals surface area contributed by atoms with Crippen molar-refractivity contribution in [2.45, 2.75) is 51.6 Å². The van der Waals surface area contributed by atoms with Crippen LogP contribution >= 0.6 is 0 Å². The van der Waals surface area contributed by atoms with Crippen molar-refractivity contribution in [2.75, 3.05) is 0 Å². The first-order valence-electron chi connectivity index (χ1n) is 10.3. The number of unbranched alkanes of at least 4 members (excludes halogenated alkanes) is 2. The molecule has 0 aliphatic heterocycles. The Morgan fingerprint density at radius 3 is 1.40 bits per heavy atom. The molecule has 0 fully saturated rings. The number of benzene rings is 2. The SMILES string of the molecule is O=C(CCC/C=C/CCCC(=O)NCc1ccc(O)cc1)NCc1ccc(O)cc1. The Hall–Kier alpha value is -3.28. The van der Waals surface area contributed by atoms with E-state index in [1.165, 1.54) is 0 Å². The molecular formula is C24H30N2O4. The zero-order chi connectivity index (χ0) is 21.6. The molecule has 6 nitrogen and oxygen atoms in total. The van der Waals surface area contributed by atoms with E-state index in [0.717, 1.165) is 36.8 Å². The molecule has 2 aromatic carbocycles. The van der Waals surface area contributed by atoms with Crippen LogP contribution in [0.3, 0.4) is 0 Å². The van der Waals surface area contributed by atoms with Crippen LogP contribution in [0.15, 0.2) is 60.7 Å². The third kappa shape index (κ3) is 9.78. The number of phenolic OH excluding ortho intramolecular Hbond substituents is 2. The molecule has 0 bridgehead atoms. The molecule has 2 rings (SSSR count). The highest BCUT2D eigenvalue weighted by Crippen LogP contribution is 2.10. The second-order valence-electron chi connectivity index (χ2n) is 7.14. The Morgan fingerprint density at radius 2 is 1.03 bits per heavy atom. The van der Waals surface area contributed by atoms with Gasteiger partial charge in [-0.2, -0.15) is 0 Å². The standard InChI is InChI=1S/C24H30N2O4/c27-21-13-9-19(10-14-21)17-25-23(29)7-5-3-1-2-4-6-8-24(30)26-18-20-11-15-22(28)16-12-20/h1-2,9-16,27-28H,3-8,17-18H2,(H,25,29)(H,26,30)/b2-1+. The van der Waals surface area contributed by atoms with Gasteiger partial charge in [0.25, 0.3) is 0 Å². The average molecular weight is 411 g/mol. The van der Waals surface area contributed by atoms with Gasteiger partial charge < -0.3 is 20.8 Å². The number of phenols is 2. The fraction of sp³-hybridized carbons (Fsp3) is 0.333. The van der Waals surface area contributed by atoms with Gasteiger partial charge in [0.1, 0.15) is 11.5 Å². The van der Waals surface area contributed by atoms with Gasteiger partial charge in [-0.1, -0.05) is 36.4 Å². The first kappa shape index (κ1) is 23.0. The monoisotopic (exact) mass is 410 g/mol. The van der Waals surface area contributed by atoms with E-state index in [2.05, 4.69) is 22.8 Å². The van der Waals surface area contributed by atoms with E-state index < -0.39 is 0 Å². The van der Waals surface area contributed by atoms with Crippen molar-refractivity contribution >= 4 is 11.8 Å². The molecular weight excluding hydrogens is 380 g/mol. The van der Waals surface area contributed by atoms with E-state index in [1.807, 2.05) is 0 Å². The van der Waals surface area contributed by atoms with Gasteiger partial charge in [0.15, 0.2) is 0 Å². The highest BCUT2D eigenvalue weighted by molar-refractivity contribution is 5.76. The van der Waals surface area contributed by atoms with Gasteiger partial charge in [0.05, 0.1) is 0 Å². The van der Waals surface area contributed by atoms with Gasteiger partial charge in [-0.15, -0.1) is 0 Å². The normalized spacial score (nSPS) is 10.8. The van der Waals surface area contributed by atoms with Crippen molar-refractivity contribution in [1.82, 2.24) is 10.6 Å². The highest BCUT2D eigenvalue weighted by Gasteiger charge is 2.02. The molecule has 6 heteroatoms. The smallest absolute Gasteiger partial charge is 0.220 e. The van der Waals surface area contributed by atoms with Crippen LogP contribution in [-0.4, -0.2) is 22.0 Å². The Labute approximate surface area is 177 Å². The average Bonchev–Trinajstić information content (AvgIpc) is 2.74. The summed E-state index contributed by atoms with van der Waals surface area (Å²) in [4.78, 5) is 23.7. The van der Waals surface area contributed by atoms with Crippen molar-refractivity contribution in [3.05, 3.63) is 71.8 Å². The Kier molecular flexibility index (Phi) is 10.00. The fourth-order valence-corrected chi connectivity index (χ4v) is 2.80. The Morgan fingerprint density at radius 1 is 0.667 bits per heavy atom. The van der Waals surface area contributed by atoms with E-state index in [-0.39, 0.29) is 23.3 Å². The lowest BCUT2D eigenvalue weighted by molar-refractivity contribution is -0.122. The first-order valence-corrected chi connectivity index (χ1v) is 10.3. The maximum absolute atomic E-state index is 11.8. The van der Waals surface area contributed by atoms with Crippen LogP contribution in [0, 0.1) is 0 Å². The molecule has 2 aromatic rings. The molecule has 0 radical (unpaired) electrons. The van der Waals surface area contributed by atoms with Crippen molar-refractivity contribution < 1.29 is 19.8 Å². The summed E-state index contributed by atoms with van der Waals surface area (Å²) in [7, 11) is 0. The van der Waals surface area contributed by atoms with Crippen LogP contribution in [0.1, 0.15) is 49.7 Å². The molecule has 0 spiro atoms. The molecule has 0 aromatic heterocycles. The molecule has 2 amide bonds. The van der Waals surface area contributed by atoms with Crippen LogP contribution in [0.25, 0.3) is 0 Å². The molecule has 0 unspecified atom stereocenters. The second kappa shape index (κ2) is 13.0. The Bertz CT molecular complexity index is 745. The summed E-state index contributed by atoms with van der Waals surface area (Å²) in [6, 6.07) is 13.5. The number of allylic oxidation sites excluding steroid dienone is 2. The minimum Gasteiger partial charge on any atom is -0.508 e. The number of amides is 2. The number of carbonyl (C=O) groups excluding carboxylic acids is 2. The summed E-state index contributed by atoms with van der Waals surface area (Å²) in [6.45, 7) is 0.924. The van der Waals surface area contributed by atoms with Crippen LogP contribution in [0.2, 0.25) is 0 Å². The zero-order valence-electron chi connectivity index (χ0n) is 17.1. The van der Waals surface area contributed by atoms with Crippen molar-refractivity contribution in [3.8, 4) is 11.5 Å². The van der Waals surface area contributed by atoms with E-state index in [9.17, 15) is 19.8 Å². The van der Waals surface area contributed by atoms with Gasteiger partial charge >= 0.3 is 0 Å². The summed E-state index contributed by atoms with van der Waals surface area (Å²) in [5, 5.41) is 24.2. The van der Waals surface area contributed by atoms with Crippen molar-refractivity contribution in [3.63, 3.8) is 0 Å². The first-order chi connectivity index (χ1) is 14.5. The van der Waals surface area contributed by atoms with Crippen molar-refractivity contribution in [2.24, 2.45) is 0 Å². The molecule has 4 N–H and O–H groups in total. The van der Waals surface area contributed by atoms with E-state index in [4.69, 9.17) is 0 Å². The van der Waals surface area contributed by atoms with Gasteiger partial charge in [-0.25, -0.2) is 0 Å². The third-order valence-corrected chi connectivity index (χ3v) is 4.57. The summed E-state index contributed by atoms with van der Waals surface area (Å²) in [6.07, 6.45) is 8.29. The molecule has 0 atom stereocenters. The maximum atomic E-state index is 11.8. The lowest BCUT2D eigenvalue weighted by atomic mass is 10.1. The number of rotatable bonds is 12. The molecule has 0 saturated heterocycles. The molecule has 0 aliphatic rings. The molecule has 30 heavy (non-hydrogen) atoms. The predicted molar refractivity (Wildman–Crippen MR) is 117 cm³/mol. The zero-order valence-corrected chi connectivity index (χ0v) is 17.1. The maximum Gasteiger partial charge on any atom is 0.220 e. The molecule has 0 heterocycles. The number of carbonyl (C=O) groups is 2. The van der Waals surface area contributed by atoms with E-state index in [1.54, 1.807) is 48.5 Å². The lowest BCUT2D eigenvalue weighted by Gasteiger charge is -2.05. The number of aromatic hydroxyl groups is 2. The number of hydrogen-bond donors (Lipinski definition) is 4. The quantitative estimate of drug-likeness (QED) is 0.315. The minimum absolute atomic E-state index is 0.0155. The van der Waals surface area contributed by atoms with Crippen LogP contribution in [-0.2, 0) is 22.7 Å². The van der Waals surface area contributed by atoms with Gasteiger partial charge in [0.2, 0.25) is 11.8 Å². The summed E-state index contributed by atoms with van der Waals surface area (Å²) >= 11 is 0. The topological polar surface area (TPSA) is 98.7 Å². The van der Waals surface area contributed by atoms with Crippen LogP contribution in [0.4, 0.5) is 0 Å². The van der Waals surface area contributed by atoms with Gasteiger partial charge in [-0.3, -0.25) is 9.59 Å². The van der Waals surface area contributed by atoms with Gasteiger partial charge in [0, 0.05) is 25.9 Å². The fourth-order valence-electron chi connectivity index (χ4n) is 2.80. The summed E-state index contributed by atoms with van der Waals surface area (Å²) in [5.41, 5.74) is 1.90. The third-order valence-electron chi connectivity index (χ3n) is 4.57. The lowest BCUT2D eigenvalue weighted by Crippen LogP contribution is -2.22. The Balaban J connectivity index is 1.46. The van der Waals surface area contributed by atoms with Crippen LogP contribution in [0.5, 0.6) is 11.5 Å². The van der Waals surface area contributed by atoms with E-state index in [0.29, 0.717) is 25.9 Å². The summed E-state index contributed by atoms with van der Waals surface area (Å²) < 4.78 is 0. The molecule has 0 saturated carbocycles. The highest BCUT2D eigenvalue weighted by atomic mass is 16.3. The second-order valence-corrected chi connectivity index (χ2v) is 7.14. The van der Waals surface area contributed by atoms with Gasteiger partial charge in [-0.05, 0) is 61.1 Å². The van der Waals surface area contributed by atoms with E-state index >= 15 is 0 Å². The molecule has 0 aliphatic carbocycles. The largest absolute Gasteiger partial charge is 0.508 e. The summed E-state index contributed by atoms with van der Waals surface area (Å²) in [5.74, 6) is 0.460. The number of nitrogens with one attached hydrogen (secondary N) is 2. The minimum atomic E-state index is 0.0155. The molecule has 160 valence electrons. The van der Waals surface area contributed by atoms with Crippen LogP contribution < -0.4 is 10.6 Å². The predicted octanol–water partition coefficient (Wildman–Crippen LogP) is 3.93. The van der Waals surface area contributed by atoms with Crippen molar-refractivity contribution in [1.29, 1.82) is 0 Å².